The number of benzene rings is 1. The van der Waals surface area contributed by atoms with Crippen LogP contribution >= 0.6 is 11.5 Å². The zero-order valence-corrected chi connectivity index (χ0v) is 17.2. The molecule has 2 fully saturated rings. The van der Waals surface area contributed by atoms with Gasteiger partial charge in [0.05, 0.1) is 12.2 Å². The number of halogens is 1. The zero-order chi connectivity index (χ0) is 19.7. The van der Waals surface area contributed by atoms with Gasteiger partial charge in [0, 0.05) is 36.3 Å². The molecule has 150 valence electrons. The highest BCUT2D eigenvalue weighted by Gasteiger charge is 2.39. The molecule has 0 aliphatic carbocycles. The molecule has 0 bridgehead atoms. The number of likely N-dealkylation sites (tertiary alicyclic amines) is 2. The summed E-state index contributed by atoms with van der Waals surface area (Å²) in [5, 5.41) is 6.23. The van der Waals surface area contributed by atoms with Crippen LogP contribution in [-0.4, -0.2) is 57.5 Å². The molecule has 0 spiro atoms. The average Bonchev–Trinajstić information content (AvgIpc) is 3.35. The average molecular weight is 403 g/mol. The number of nitrogens with zero attached hydrogens (tertiary/aromatic N) is 4. The summed E-state index contributed by atoms with van der Waals surface area (Å²) in [6.07, 6.45) is 2.39. The first-order valence-corrected chi connectivity index (χ1v) is 10.9. The van der Waals surface area contributed by atoms with Crippen molar-refractivity contribution in [2.45, 2.75) is 44.6 Å². The highest BCUT2D eigenvalue weighted by Crippen LogP contribution is 2.39. The Hall–Kier alpha value is -1.86. The Kier molecular flexibility index (Phi) is 5.73. The molecule has 5 nitrogen and oxygen atoms in total. The zero-order valence-electron chi connectivity index (χ0n) is 16.4. The molecule has 1 aromatic carbocycles. The largest absolute Gasteiger partial charge is 0.340 e. The molecule has 3 heterocycles. The molecular formula is C21H27FN4OS. The Morgan fingerprint density at radius 3 is 2.68 bits per heavy atom. The third-order valence-corrected chi connectivity index (χ3v) is 7.09. The summed E-state index contributed by atoms with van der Waals surface area (Å²) >= 11 is 1.33. The summed E-state index contributed by atoms with van der Waals surface area (Å²) < 4.78 is 17.4. The maximum Gasteiger partial charge on any atom is 0.236 e. The smallest absolute Gasteiger partial charge is 0.236 e. The molecule has 7 heteroatoms. The van der Waals surface area contributed by atoms with Gasteiger partial charge in [-0.3, -0.25) is 9.69 Å². The van der Waals surface area contributed by atoms with Crippen LogP contribution in [0.1, 0.15) is 49.8 Å². The highest BCUT2D eigenvalue weighted by atomic mass is 32.1. The molecule has 2 aliphatic heterocycles. The second-order valence-electron chi connectivity index (χ2n) is 8.22. The van der Waals surface area contributed by atoms with Gasteiger partial charge in [-0.2, -0.15) is 0 Å². The van der Waals surface area contributed by atoms with Crippen molar-refractivity contribution in [1.82, 2.24) is 19.4 Å². The van der Waals surface area contributed by atoms with Gasteiger partial charge < -0.3 is 4.90 Å². The van der Waals surface area contributed by atoms with Crippen LogP contribution in [0.4, 0.5) is 4.39 Å². The molecular weight excluding hydrogens is 375 g/mol. The predicted octanol–water partition coefficient (Wildman–Crippen LogP) is 3.51. The Bertz CT molecular complexity index is 797. The van der Waals surface area contributed by atoms with Crippen LogP contribution in [0.25, 0.3) is 0 Å². The first kappa shape index (κ1) is 19.5. The molecule has 0 unspecified atom stereocenters. The number of hydrogen-bond acceptors (Lipinski definition) is 5. The number of piperidine rings is 1. The summed E-state index contributed by atoms with van der Waals surface area (Å²) in [4.78, 5) is 17.4. The number of aromatic nitrogens is 2. The lowest BCUT2D eigenvalue weighted by molar-refractivity contribution is -0.132. The minimum absolute atomic E-state index is 0.103. The van der Waals surface area contributed by atoms with Crippen LogP contribution in [0.5, 0.6) is 0 Å². The van der Waals surface area contributed by atoms with Gasteiger partial charge in [0.1, 0.15) is 5.82 Å². The van der Waals surface area contributed by atoms with Gasteiger partial charge in [-0.15, -0.1) is 5.10 Å². The van der Waals surface area contributed by atoms with E-state index in [0.29, 0.717) is 31.6 Å². The van der Waals surface area contributed by atoms with Gasteiger partial charge in [0.15, 0.2) is 0 Å². The lowest BCUT2D eigenvalue weighted by atomic mass is 9.87. The van der Waals surface area contributed by atoms with E-state index in [1.54, 1.807) is 0 Å². The first-order chi connectivity index (χ1) is 13.5. The molecule has 1 amide bonds. The van der Waals surface area contributed by atoms with Gasteiger partial charge in [0.25, 0.3) is 0 Å². The maximum atomic E-state index is 13.4. The number of carbonyl (C=O) groups excluding carboxylic acids is 1. The van der Waals surface area contributed by atoms with Crippen molar-refractivity contribution in [3.8, 4) is 0 Å². The molecule has 2 aromatic rings. The monoisotopic (exact) mass is 402 g/mol. The van der Waals surface area contributed by atoms with E-state index in [2.05, 4.69) is 28.3 Å². The van der Waals surface area contributed by atoms with E-state index in [-0.39, 0.29) is 23.6 Å². The van der Waals surface area contributed by atoms with Gasteiger partial charge in [-0.25, -0.2) is 4.39 Å². The summed E-state index contributed by atoms with van der Waals surface area (Å²) in [5.74, 6) is 0.784. The third-order valence-electron chi connectivity index (χ3n) is 6.57. The Morgan fingerprint density at radius 2 is 1.96 bits per heavy atom. The normalized spacial score (nSPS) is 28.6. The summed E-state index contributed by atoms with van der Waals surface area (Å²) in [6, 6.07) is 7.08. The molecule has 0 N–H and O–H groups in total. The fourth-order valence-corrected chi connectivity index (χ4v) is 5.12. The number of rotatable bonds is 4. The Morgan fingerprint density at radius 1 is 1.21 bits per heavy atom. The van der Waals surface area contributed by atoms with Crippen LogP contribution in [-0.2, 0) is 4.79 Å². The predicted molar refractivity (Wildman–Crippen MR) is 108 cm³/mol. The molecule has 4 atom stereocenters. The number of carbonyl (C=O) groups is 1. The topological polar surface area (TPSA) is 49.3 Å². The van der Waals surface area contributed by atoms with Crippen molar-refractivity contribution >= 4 is 17.4 Å². The van der Waals surface area contributed by atoms with Crippen LogP contribution in [0.2, 0.25) is 0 Å². The van der Waals surface area contributed by atoms with Crippen LogP contribution < -0.4 is 0 Å². The minimum Gasteiger partial charge on any atom is -0.340 e. The van der Waals surface area contributed by atoms with E-state index in [9.17, 15) is 9.18 Å². The third kappa shape index (κ3) is 3.96. The number of hydrogen-bond donors (Lipinski definition) is 0. The van der Waals surface area contributed by atoms with E-state index in [4.69, 9.17) is 0 Å². The van der Waals surface area contributed by atoms with Crippen molar-refractivity contribution < 1.29 is 9.18 Å². The van der Waals surface area contributed by atoms with Crippen LogP contribution in [0, 0.1) is 11.7 Å². The molecule has 2 saturated heterocycles. The van der Waals surface area contributed by atoms with Gasteiger partial charge in [-0.05, 0) is 61.5 Å². The maximum absolute atomic E-state index is 13.4. The Balaban J connectivity index is 1.51. The van der Waals surface area contributed by atoms with Crippen LogP contribution in [0.3, 0.4) is 0 Å². The number of amides is 1. The van der Waals surface area contributed by atoms with E-state index >= 15 is 0 Å². The van der Waals surface area contributed by atoms with E-state index in [1.165, 1.54) is 30.1 Å². The fourth-order valence-electron chi connectivity index (χ4n) is 4.61. The van der Waals surface area contributed by atoms with Crippen molar-refractivity contribution in [3.63, 3.8) is 0 Å². The van der Waals surface area contributed by atoms with E-state index < -0.39 is 0 Å². The second-order valence-corrected chi connectivity index (χ2v) is 8.83. The van der Waals surface area contributed by atoms with Crippen molar-refractivity contribution in [2.24, 2.45) is 5.92 Å². The van der Waals surface area contributed by atoms with Crippen molar-refractivity contribution in [1.29, 1.82) is 0 Å². The molecule has 4 rings (SSSR count). The lowest BCUT2D eigenvalue weighted by Crippen LogP contribution is -2.48. The summed E-state index contributed by atoms with van der Waals surface area (Å²) in [7, 11) is 0. The molecule has 2 aliphatic rings. The quantitative estimate of drug-likeness (QED) is 0.785. The van der Waals surface area contributed by atoms with Crippen molar-refractivity contribution in [3.05, 3.63) is 46.7 Å². The van der Waals surface area contributed by atoms with Gasteiger partial charge in [0.2, 0.25) is 5.91 Å². The summed E-state index contributed by atoms with van der Waals surface area (Å²) in [6.45, 7) is 7.25. The first-order valence-electron chi connectivity index (χ1n) is 10.1. The molecule has 28 heavy (non-hydrogen) atoms. The molecule has 1 aromatic heterocycles. The van der Waals surface area contributed by atoms with Gasteiger partial charge in [-0.1, -0.05) is 23.5 Å². The van der Waals surface area contributed by atoms with E-state index in [0.717, 1.165) is 24.2 Å². The molecule has 0 saturated carbocycles. The summed E-state index contributed by atoms with van der Waals surface area (Å²) in [5.41, 5.74) is 1.98. The Labute approximate surface area is 169 Å². The standard InChI is InChI=1S/C21H27FN4OS/c1-14-4-3-9-25(15(14)2)12-21(27)26-10-18(16-5-7-17(22)8-6-16)19(11-26)20-13-28-24-23-20/h5-8,13-15,18-19H,3-4,9-12H2,1-2H3/t14-,15+,18-,19+/m0/s1. The fraction of sp³-hybridized carbons (Fsp3) is 0.571. The lowest BCUT2D eigenvalue weighted by Gasteiger charge is -2.38. The minimum atomic E-state index is -0.241. The van der Waals surface area contributed by atoms with Crippen molar-refractivity contribution in [2.75, 3.05) is 26.2 Å². The van der Waals surface area contributed by atoms with Crippen LogP contribution in [0.15, 0.2) is 29.6 Å². The van der Waals surface area contributed by atoms with E-state index in [1.807, 2.05) is 22.4 Å². The van der Waals surface area contributed by atoms with Gasteiger partial charge >= 0.3 is 0 Å². The highest BCUT2D eigenvalue weighted by molar-refractivity contribution is 7.03. The second kappa shape index (κ2) is 8.25. The molecule has 0 radical (unpaired) electrons. The SMILES string of the molecule is C[C@@H]1[C@@H](C)CCCN1CC(=O)N1C[C@@H](c2ccc(F)cc2)[C@H](c2csnn2)C1.